The fourth-order valence-corrected chi connectivity index (χ4v) is 4.06. The van der Waals surface area contributed by atoms with Gasteiger partial charge in [-0.2, -0.15) is 5.10 Å². The molecule has 2 N–H and O–H groups in total. The first-order valence-electron chi connectivity index (χ1n) is 9.06. The van der Waals surface area contributed by atoms with Crippen LogP contribution in [0.2, 0.25) is 0 Å². The first kappa shape index (κ1) is 15.4. The lowest BCUT2D eigenvalue weighted by Crippen LogP contribution is -2.58. The molecule has 1 fully saturated rings. The van der Waals surface area contributed by atoms with Gasteiger partial charge in [0.25, 0.3) is 0 Å². The van der Waals surface area contributed by atoms with E-state index in [-0.39, 0.29) is 5.91 Å². The molecule has 0 unspecified atom stereocenters. The maximum atomic E-state index is 12.7. The molecule has 0 aliphatic carbocycles. The third-order valence-corrected chi connectivity index (χ3v) is 5.58. The number of rotatable bonds is 2. The molecular weight excluding hydrogens is 326 g/mol. The maximum Gasteiger partial charge on any atom is 0.250 e. The molecule has 2 aromatic heterocycles. The van der Waals surface area contributed by atoms with Crippen LogP contribution in [0.5, 0.6) is 0 Å². The number of para-hydroxylation sites is 2. The number of carbonyl (C=O) groups is 1. The second-order valence-corrected chi connectivity index (χ2v) is 7.17. The number of carbonyl (C=O) groups excluding carboxylic acids is 1. The van der Waals surface area contributed by atoms with Gasteiger partial charge in [-0.05, 0) is 43.2 Å². The standard InChI is InChI=1S/C20H21N5O/c26-19-20(23-18-7-2-1-6-17(18)22-19)9-12-24(13-10-20)14-16-5-3-4-15-8-11-21-25(15)16/h1-8,11,23H,9-10,12-14H2,(H,22,26). The van der Waals surface area contributed by atoms with Crippen molar-refractivity contribution in [3.8, 4) is 0 Å². The van der Waals surface area contributed by atoms with Crippen molar-refractivity contribution in [1.29, 1.82) is 0 Å². The lowest BCUT2D eigenvalue weighted by molar-refractivity contribution is -0.122. The monoisotopic (exact) mass is 347 g/mol. The number of hydrogen-bond donors (Lipinski definition) is 2. The van der Waals surface area contributed by atoms with Crippen LogP contribution in [-0.4, -0.2) is 39.0 Å². The quantitative estimate of drug-likeness (QED) is 0.748. The molecule has 132 valence electrons. The Kier molecular flexibility index (Phi) is 3.46. The van der Waals surface area contributed by atoms with Crippen LogP contribution in [0, 0.1) is 0 Å². The molecule has 2 aliphatic heterocycles. The van der Waals surface area contributed by atoms with Crippen LogP contribution >= 0.6 is 0 Å². The molecule has 0 bridgehead atoms. The van der Waals surface area contributed by atoms with Crippen molar-refractivity contribution in [1.82, 2.24) is 14.5 Å². The molecule has 2 aliphatic rings. The molecule has 0 radical (unpaired) electrons. The Labute approximate surface area is 151 Å². The average Bonchev–Trinajstić information content (AvgIpc) is 3.14. The number of piperidine rings is 1. The summed E-state index contributed by atoms with van der Waals surface area (Å²) in [6.45, 7) is 2.59. The molecule has 26 heavy (non-hydrogen) atoms. The van der Waals surface area contributed by atoms with Gasteiger partial charge in [-0.25, -0.2) is 4.52 Å². The summed E-state index contributed by atoms with van der Waals surface area (Å²) in [6.07, 6.45) is 3.42. The highest BCUT2D eigenvalue weighted by atomic mass is 16.2. The molecule has 5 rings (SSSR count). The summed E-state index contributed by atoms with van der Waals surface area (Å²) in [6, 6.07) is 16.2. The number of anilines is 2. The molecule has 1 aromatic carbocycles. The van der Waals surface area contributed by atoms with E-state index in [9.17, 15) is 4.79 Å². The van der Waals surface area contributed by atoms with E-state index in [0.717, 1.165) is 49.4 Å². The lowest BCUT2D eigenvalue weighted by atomic mass is 9.84. The third kappa shape index (κ3) is 2.45. The zero-order valence-corrected chi connectivity index (χ0v) is 14.5. The minimum atomic E-state index is -0.497. The highest BCUT2D eigenvalue weighted by Crippen LogP contribution is 2.36. The van der Waals surface area contributed by atoms with Crippen molar-refractivity contribution in [2.75, 3.05) is 23.7 Å². The molecule has 4 heterocycles. The molecule has 1 amide bonds. The van der Waals surface area contributed by atoms with Crippen LogP contribution in [0.15, 0.2) is 54.7 Å². The van der Waals surface area contributed by atoms with Gasteiger partial charge in [-0.15, -0.1) is 0 Å². The number of benzene rings is 1. The van der Waals surface area contributed by atoms with Crippen molar-refractivity contribution in [3.63, 3.8) is 0 Å². The Balaban J connectivity index is 1.32. The summed E-state index contributed by atoms with van der Waals surface area (Å²) in [4.78, 5) is 15.1. The normalized spacial score (nSPS) is 19.2. The predicted octanol–water partition coefficient (Wildman–Crippen LogP) is 2.73. The SMILES string of the molecule is O=C1Nc2ccccc2NC12CCN(Cc1cccc3ccnn13)CC2. The Morgan fingerprint density at radius 1 is 1.00 bits per heavy atom. The Morgan fingerprint density at radius 3 is 2.65 bits per heavy atom. The van der Waals surface area contributed by atoms with Gasteiger partial charge >= 0.3 is 0 Å². The summed E-state index contributed by atoms with van der Waals surface area (Å²) in [5.41, 5.74) is 3.68. The van der Waals surface area contributed by atoms with E-state index in [2.05, 4.69) is 38.8 Å². The van der Waals surface area contributed by atoms with E-state index in [4.69, 9.17) is 0 Å². The summed E-state index contributed by atoms with van der Waals surface area (Å²) in [5, 5.41) is 11.0. The minimum absolute atomic E-state index is 0.0880. The number of hydrogen-bond acceptors (Lipinski definition) is 4. The number of likely N-dealkylation sites (tertiary alicyclic amines) is 1. The van der Waals surface area contributed by atoms with Crippen LogP contribution in [0.25, 0.3) is 5.52 Å². The highest BCUT2D eigenvalue weighted by Gasteiger charge is 2.44. The van der Waals surface area contributed by atoms with Gasteiger partial charge in [-0.3, -0.25) is 9.69 Å². The van der Waals surface area contributed by atoms with Gasteiger partial charge in [0.05, 0.1) is 22.6 Å². The van der Waals surface area contributed by atoms with Crippen LogP contribution in [0.4, 0.5) is 11.4 Å². The number of nitrogens with one attached hydrogen (secondary N) is 2. The largest absolute Gasteiger partial charge is 0.369 e. The van der Waals surface area contributed by atoms with E-state index in [1.807, 2.05) is 41.0 Å². The molecule has 1 spiro atoms. The molecule has 0 saturated carbocycles. The lowest BCUT2D eigenvalue weighted by Gasteiger charge is -2.44. The second-order valence-electron chi connectivity index (χ2n) is 7.17. The smallest absolute Gasteiger partial charge is 0.250 e. The van der Waals surface area contributed by atoms with E-state index < -0.39 is 5.54 Å². The summed E-state index contributed by atoms with van der Waals surface area (Å²) < 4.78 is 1.99. The van der Waals surface area contributed by atoms with E-state index >= 15 is 0 Å². The average molecular weight is 347 g/mol. The van der Waals surface area contributed by atoms with Crippen molar-refractivity contribution in [3.05, 3.63) is 60.4 Å². The molecule has 0 atom stereocenters. The van der Waals surface area contributed by atoms with Crippen LogP contribution in [-0.2, 0) is 11.3 Å². The Morgan fingerprint density at radius 2 is 1.81 bits per heavy atom. The van der Waals surface area contributed by atoms with Gasteiger partial charge in [0.15, 0.2) is 0 Å². The van der Waals surface area contributed by atoms with Crippen LogP contribution in [0.3, 0.4) is 0 Å². The van der Waals surface area contributed by atoms with E-state index in [1.165, 1.54) is 5.69 Å². The van der Waals surface area contributed by atoms with Gasteiger partial charge in [-0.1, -0.05) is 18.2 Å². The Bertz CT molecular complexity index is 971. The summed E-state index contributed by atoms with van der Waals surface area (Å²) in [7, 11) is 0. The molecule has 3 aromatic rings. The molecule has 1 saturated heterocycles. The van der Waals surface area contributed by atoms with Crippen LogP contribution in [0.1, 0.15) is 18.5 Å². The number of fused-ring (bicyclic) bond motifs is 2. The Hall–Kier alpha value is -2.86. The van der Waals surface area contributed by atoms with Crippen molar-refractivity contribution < 1.29 is 4.79 Å². The highest BCUT2D eigenvalue weighted by molar-refractivity contribution is 6.06. The van der Waals surface area contributed by atoms with E-state index in [1.54, 1.807) is 0 Å². The van der Waals surface area contributed by atoms with Crippen molar-refractivity contribution in [2.45, 2.75) is 24.9 Å². The van der Waals surface area contributed by atoms with Gasteiger partial charge in [0.2, 0.25) is 5.91 Å². The zero-order chi connectivity index (χ0) is 17.6. The third-order valence-electron chi connectivity index (χ3n) is 5.58. The number of aromatic nitrogens is 2. The number of nitrogens with zero attached hydrogens (tertiary/aromatic N) is 3. The predicted molar refractivity (Wildman–Crippen MR) is 101 cm³/mol. The second kappa shape index (κ2) is 5.85. The zero-order valence-electron chi connectivity index (χ0n) is 14.5. The first-order chi connectivity index (χ1) is 12.7. The van der Waals surface area contributed by atoms with Crippen molar-refractivity contribution >= 4 is 22.8 Å². The topological polar surface area (TPSA) is 61.7 Å². The first-order valence-corrected chi connectivity index (χ1v) is 9.06. The van der Waals surface area contributed by atoms with Crippen LogP contribution < -0.4 is 10.6 Å². The fourth-order valence-electron chi connectivity index (χ4n) is 4.06. The molecule has 6 nitrogen and oxygen atoms in total. The number of pyridine rings is 1. The minimum Gasteiger partial charge on any atom is -0.369 e. The van der Waals surface area contributed by atoms with Crippen molar-refractivity contribution in [2.24, 2.45) is 0 Å². The van der Waals surface area contributed by atoms with Gasteiger partial charge < -0.3 is 10.6 Å². The van der Waals surface area contributed by atoms with Gasteiger partial charge in [0.1, 0.15) is 5.54 Å². The summed E-state index contributed by atoms with van der Waals surface area (Å²) >= 11 is 0. The molecule has 6 heteroatoms. The number of amides is 1. The molecular formula is C20H21N5O. The summed E-state index contributed by atoms with van der Waals surface area (Å²) in [5.74, 6) is 0.0880. The van der Waals surface area contributed by atoms with E-state index in [0.29, 0.717) is 0 Å². The maximum absolute atomic E-state index is 12.7. The van der Waals surface area contributed by atoms with Gasteiger partial charge in [0, 0.05) is 25.8 Å². The fraction of sp³-hybridized carbons (Fsp3) is 0.300.